The first-order chi connectivity index (χ1) is 12.7. The van der Waals surface area contributed by atoms with Crippen LogP contribution in [0.25, 0.3) is 0 Å². The van der Waals surface area contributed by atoms with Crippen molar-refractivity contribution in [2.75, 3.05) is 33.2 Å². The molecule has 26 heavy (non-hydrogen) atoms. The van der Waals surface area contributed by atoms with Crippen molar-refractivity contribution < 1.29 is 9.21 Å². The van der Waals surface area contributed by atoms with Crippen LogP contribution >= 0.6 is 11.6 Å². The SMILES string of the molecule is CN=C(NCc1ccco1)N1CCN(C(=O)Cc2cccc(Cl)c2)CC1. The van der Waals surface area contributed by atoms with Crippen LogP contribution in [0.1, 0.15) is 11.3 Å². The molecule has 1 amide bonds. The molecule has 2 aromatic rings. The molecular formula is C19H23ClN4O2. The summed E-state index contributed by atoms with van der Waals surface area (Å²) in [7, 11) is 1.77. The third kappa shape index (κ3) is 4.79. The van der Waals surface area contributed by atoms with E-state index in [1.807, 2.05) is 41.3 Å². The summed E-state index contributed by atoms with van der Waals surface area (Å²) in [5.41, 5.74) is 0.945. The molecule has 0 atom stereocenters. The molecule has 0 saturated carbocycles. The van der Waals surface area contributed by atoms with Gasteiger partial charge in [0.25, 0.3) is 0 Å². The van der Waals surface area contributed by atoms with Gasteiger partial charge in [0.05, 0.1) is 19.2 Å². The quantitative estimate of drug-likeness (QED) is 0.659. The van der Waals surface area contributed by atoms with Gasteiger partial charge in [0.1, 0.15) is 5.76 Å². The number of rotatable bonds is 4. The monoisotopic (exact) mass is 374 g/mol. The molecule has 6 nitrogen and oxygen atoms in total. The molecule has 1 N–H and O–H groups in total. The van der Waals surface area contributed by atoms with E-state index >= 15 is 0 Å². The van der Waals surface area contributed by atoms with Gasteiger partial charge in [-0.05, 0) is 29.8 Å². The number of piperazine rings is 1. The van der Waals surface area contributed by atoms with E-state index in [0.717, 1.165) is 30.4 Å². The Labute approximate surface area is 158 Å². The summed E-state index contributed by atoms with van der Waals surface area (Å²) < 4.78 is 5.33. The van der Waals surface area contributed by atoms with Gasteiger partial charge in [-0.15, -0.1) is 0 Å². The lowest BCUT2D eigenvalue weighted by atomic mass is 10.1. The first-order valence-corrected chi connectivity index (χ1v) is 9.03. The molecule has 0 bridgehead atoms. The Kier molecular flexibility index (Phi) is 6.17. The van der Waals surface area contributed by atoms with Crippen LogP contribution in [0.4, 0.5) is 0 Å². The summed E-state index contributed by atoms with van der Waals surface area (Å²) in [5.74, 6) is 1.82. The van der Waals surface area contributed by atoms with E-state index in [0.29, 0.717) is 31.1 Å². The zero-order chi connectivity index (χ0) is 18.4. The third-order valence-corrected chi connectivity index (χ3v) is 4.62. The fourth-order valence-electron chi connectivity index (χ4n) is 3.01. The molecule has 0 aliphatic carbocycles. The number of nitrogens with one attached hydrogen (secondary N) is 1. The third-order valence-electron chi connectivity index (χ3n) is 4.39. The summed E-state index contributed by atoms with van der Waals surface area (Å²) in [6.07, 6.45) is 2.04. The summed E-state index contributed by atoms with van der Waals surface area (Å²) in [4.78, 5) is 20.9. The van der Waals surface area contributed by atoms with Crippen LogP contribution in [-0.4, -0.2) is 54.9 Å². The minimum absolute atomic E-state index is 0.130. The molecule has 1 fully saturated rings. The predicted molar refractivity (Wildman–Crippen MR) is 102 cm³/mol. The highest BCUT2D eigenvalue weighted by Gasteiger charge is 2.23. The Morgan fingerprint density at radius 1 is 1.19 bits per heavy atom. The second-order valence-corrected chi connectivity index (χ2v) is 6.59. The van der Waals surface area contributed by atoms with Crippen molar-refractivity contribution in [3.05, 3.63) is 59.0 Å². The summed E-state index contributed by atoms with van der Waals surface area (Å²) in [6.45, 7) is 3.45. The highest BCUT2D eigenvalue weighted by molar-refractivity contribution is 6.30. The highest BCUT2D eigenvalue weighted by atomic mass is 35.5. The predicted octanol–water partition coefficient (Wildman–Crippen LogP) is 2.40. The number of aliphatic imine (C=N–C) groups is 1. The van der Waals surface area contributed by atoms with Crippen LogP contribution in [0, 0.1) is 0 Å². The van der Waals surface area contributed by atoms with E-state index in [1.165, 1.54) is 0 Å². The molecule has 2 heterocycles. The topological polar surface area (TPSA) is 61.1 Å². The number of hydrogen-bond donors (Lipinski definition) is 1. The fraction of sp³-hybridized carbons (Fsp3) is 0.368. The van der Waals surface area contributed by atoms with Crippen LogP contribution in [0.2, 0.25) is 5.02 Å². The van der Waals surface area contributed by atoms with E-state index in [9.17, 15) is 4.79 Å². The van der Waals surface area contributed by atoms with Crippen LogP contribution in [-0.2, 0) is 17.8 Å². The Morgan fingerprint density at radius 2 is 1.96 bits per heavy atom. The lowest BCUT2D eigenvalue weighted by Crippen LogP contribution is -2.53. The molecule has 3 rings (SSSR count). The Hall–Kier alpha value is -2.47. The molecule has 0 unspecified atom stereocenters. The maximum atomic E-state index is 12.5. The van der Waals surface area contributed by atoms with Crippen LogP contribution in [0.15, 0.2) is 52.1 Å². The molecule has 1 saturated heterocycles. The molecule has 0 spiro atoms. The van der Waals surface area contributed by atoms with Crippen LogP contribution in [0.3, 0.4) is 0 Å². The number of amides is 1. The first-order valence-electron chi connectivity index (χ1n) is 8.66. The van der Waals surface area contributed by atoms with Crippen LogP contribution < -0.4 is 5.32 Å². The van der Waals surface area contributed by atoms with Crippen molar-refractivity contribution in [2.24, 2.45) is 4.99 Å². The van der Waals surface area contributed by atoms with E-state index in [1.54, 1.807) is 13.3 Å². The molecule has 1 aromatic heterocycles. The van der Waals surface area contributed by atoms with Crippen molar-refractivity contribution in [3.8, 4) is 0 Å². The van der Waals surface area contributed by atoms with Crippen molar-refractivity contribution in [1.29, 1.82) is 0 Å². The number of carbonyl (C=O) groups excluding carboxylic acids is 1. The molecule has 1 aromatic carbocycles. The smallest absolute Gasteiger partial charge is 0.227 e. The van der Waals surface area contributed by atoms with Gasteiger partial charge in [0.2, 0.25) is 5.91 Å². The van der Waals surface area contributed by atoms with E-state index in [2.05, 4.69) is 15.2 Å². The number of carbonyl (C=O) groups is 1. The van der Waals surface area contributed by atoms with Gasteiger partial charge in [-0.2, -0.15) is 0 Å². The summed E-state index contributed by atoms with van der Waals surface area (Å²) >= 11 is 5.99. The van der Waals surface area contributed by atoms with Crippen molar-refractivity contribution in [2.45, 2.75) is 13.0 Å². The van der Waals surface area contributed by atoms with Crippen molar-refractivity contribution in [3.63, 3.8) is 0 Å². The zero-order valence-electron chi connectivity index (χ0n) is 14.8. The number of hydrogen-bond acceptors (Lipinski definition) is 3. The molecule has 7 heteroatoms. The van der Waals surface area contributed by atoms with Gasteiger partial charge in [0.15, 0.2) is 5.96 Å². The Bertz CT molecular complexity index is 753. The molecule has 1 aliphatic heterocycles. The first kappa shape index (κ1) is 18.3. The number of guanidine groups is 1. The molecule has 1 aliphatic rings. The zero-order valence-corrected chi connectivity index (χ0v) is 15.6. The number of nitrogens with zero attached hydrogens (tertiary/aromatic N) is 3. The average molecular weight is 375 g/mol. The highest BCUT2D eigenvalue weighted by Crippen LogP contribution is 2.13. The second-order valence-electron chi connectivity index (χ2n) is 6.15. The second kappa shape index (κ2) is 8.76. The molecular weight excluding hydrogens is 352 g/mol. The Balaban J connectivity index is 1.49. The van der Waals surface area contributed by atoms with E-state index < -0.39 is 0 Å². The lowest BCUT2D eigenvalue weighted by Gasteiger charge is -2.36. The van der Waals surface area contributed by atoms with Gasteiger partial charge in [-0.3, -0.25) is 9.79 Å². The number of halogens is 1. The van der Waals surface area contributed by atoms with Gasteiger partial charge in [-0.25, -0.2) is 0 Å². The molecule has 138 valence electrons. The number of furan rings is 1. The number of benzene rings is 1. The fourth-order valence-corrected chi connectivity index (χ4v) is 3.23. The van der Waals surface area contributed by atoms with E-state index in [-0.39, 0.29) is 5.91 Å². The van der Waals surface area contributed by atoms with Crippen LogP contribution in [0.5, 0.6) is 0 Å². The molecule has 0 radical (unpaired) electrons. The van der Waals surface area contributed by atoms with Gasteiger partial charge in [-0.1, -0.05) is 23.7 Å². The summed E-state index contributed by atoms with van der Waals surface area (Å²) in [5, 5.41) is 3.95. The van der Waals surface area contributed by atoms with Gasteiger partial charge in [0, 0.05) is 38.2 Å². The minimum Gasteiger partial charge on any atom is -0.467 e. The lowest BCUT2D eigenvalue weighted by molar-refractivity contribution is -0.131. The van der Waals surface area contributed by atoms with Crippen molar-refractivity contribution >= 4 is 23.5 Å². The van der Waals surface area contributed by atoms with Gasteiger partial charge < -0.3 is 19.5 Å². The van der Waals surface area contributed by atoms with E-state index in [4.69, 9.17) is 16.0 Å². The minimum atomic E-state index is 0.130. The largest absolute Gasteiger partial charge is 0.467 e. The van der Waals surface area contributed by atoms with Crippen molar-refractivity contribution in [1.82, 2.24) is 15.1 Å². The standard InChI is InChI=1S/C19H23ClN4O2/c1-21-19(22-14-17-6-3-11-26-17)24-9-7-23(8-10-24)18(25)13-15-4-2-5-16(20)12-15/h2-6,11-12H,7-10,13-14H2,1H3,(H,21,22). The summed E-state index contributed by atoms with van der Waals surface area (Å²) in [6, 6.07) is 11.3. The maximum absolute atomic E-state index is 12.5. The Morgan fingerprint density at radius 3 is 2.62 bits per heavy atom. The normalized spacial score (nSPS) is 15.2. The maximum Gasteiger partial charge on any atom is 0.227 e. The van der Waals surface area contributed by atoms with Gasteiger partial charge >= 0.3 is 0 Å². The average Bonchev–Trinajstić information content (AvgIpc) is 3.16.